The van der Waals surface area contributed by atoms with Crippen molar-refractivity contribution in [3.8, 4) is 5.75 Å². The highest BCUT2D eigenvalue weighted by atomic mass is 16.5. The van der Waals surface area contributed by atoms with Crippen molar-refractivity contribution in [2.24, 2.45) is 11.3 Å². The van der Waals surface area contributed by atoms with Crippen molar-refractivity contribution in [2.45, 2.75) is 40.0 Å². The first-order valence-corrected chi connectivity index (χ1v) is 6.69. The normalized spacial score (nSPS) is 18.9. The van der Waals surface area contributed by atoms with Gasteiger partial charge in [-0.05, 0) is 29.9 Å². The molecule has 0 aromatic heterocycles. The molecule has 0 saturated carbocycles. The van der Waals surface area contributed by atoms with Crippen LogP contribution in [0, 0.1) is 11.3 Å². The zero-order chi connectivity index (χ0) is 13.2. The Kier molecular flexibility index (Phi) is 3.74. The summed E-state index contributed by atoms with van der Waals surface area (Å²) >= 11 is 0. The monoisotopic (exact) mass is 246 g/mol. The molecule has 0 fully saturated rings. The molecule has 0 bridgehead atoms. The maximum atomic E-state index is 12.2. The molecular formula is C16H22O2. The summed E-state index contributed by atoms with van der Waals surface area (Å²) in [6.45, 7) is 7.06. The van der Waals surface area contributed by atoms with E-state index < -0.39 is 0 Å². The van der Waals surface area contributed by atoms with Crippen molar-refractivity contribution >= 4 is 5.78 Å². The van der Waals surface area contributed by atoms with Gasteiger partial charge in [-0.25, -0.2) is 0 Å². The number of para-hydroxylation sites is 1. The molecular weight excluding hydrogens is 224 g/mol. The Morgan fingerprint density at radius 2 is 2.06 bits per heavy atom. The lowest BCUT2D eigenvalue weighted by atomic mass is 9.85. The molecule has 0 aliphatic carbocycles. The molecule has 1 heterocycles. The number of hydrogen-bond acceptors (Lipinski definition) is 2. The van der Waals surface area contributed by atoms with Crippen LogP contribution in [0.15, 0.2) is 24.3 Å². The van der Waals surface area contributed by atoms with Crippen molar-refractivity contribution in [1.82, 2.24) is 0 Å². The third kappa shape index (κ3) is 3.34. The molecule has 0 spiro atoms. The highest BCUT2D eigenvalue weighted by Crippen LogP contribution is 2.29. The minimum atomic E-state index is 0.0437. The first-order valence-electron chi connectivity index (χ1n) is 6.69. The zero-order valence-corrected chi connectivity index (χ0v) is 11.5. The first kappa shape index (κ1) is 13.1. The first-order chi connectivity index (χ1) is 8.46. The second-order valence-corrected chi connectivity index (χ2v) is 6.35. The molecule has 0 saturated heterocycles. The summed E-state index contributed by atoms with van der Waals surface area (Å²) in [5.41, 5.74) is 1.39. The van der Waals surface area contributed by atoms with Crippen molar-refractivity contribution in [2.75, 3.05) is 6.61 Å². The number of ether oxygens (including phenoxy) is 1. The van der Waals surface area contributed by atoms with Gasteiger partial charge in [0.05, 0.1) is 12.5 Å². The predicted molar refractivity (Wildman–Crippen MR) is 72.8 cm³/mol. The standard InChI is InChI=1S/C16H22O2/c1-16(2,3)9-8-14(17)13-10-12-6-4-5-7-15(12)18-11-13/h4-7,13H,8-11H2,1-3H3. The van der Waals surface area contributed by atoms with Gasteiger partial charge >= 0.3 is 0 Å². The smallest absolute Gasteiger partial charge is 0.139 e. The highest BCUT2D eigenvalue weighted by Gasteiger charge is 2.26. The summed E-state index contributed by atoms with van der Waals surface area (Å²) in [7, 11) is 0. The van der Waals surface area contributed by atoms with E-state index in [1.54, 1.807) is 0 Å². The van der Waals surface area contributed by atoms with Crippen LogP contribution in [-0.2, 0) is 11.2 Å². The summed E-state index contributed by atoms with van der Waals surface area (Å²) in [6, 6.07) is 8.01. The maximum absolute atomic E-state index is 12.2. The Balaban J connectivity index is 1.95. The van der Waals surface area contributed by atoms with E-state index in [9.17, 15) is 4.79 Å². The Labute approximate surface area is 109 Å². The number of carbonyl (C=O) groups is 1. The van der Waals surface area contributed by atoms with Crippen molar-refractivity contribution in [3.05, 3.63) is 29.8 Å². The summed E-state index contributed by atoms with van der Waals surface area (Å²) in [5.74, 6) is 1.33. The molecule has 1 aromatic carbocycles. The number of hydrogen-bond donors (Lipinski definition) is 0. The molecule has 1 aliphatic rings. The van der Waals surface area contributed by atoms with Gasteiger partial charge in [0.1, 0.15) is 11.5 Å². The Morgan fingerprint density at radius 3 is 2.78 bits per heavy atom. The van der Waals surface area contributed by atoms with Crippen LogP contribution in [0.5, 0.6) is 5.75 Å². The number of fused-ring (bicyclic) bond motifs is 1. The molecule has 1 unspecified atom stereocenters. The van der Waals surface area contributed by atoms with E-state index in [-0.39, 0.29) is 11.3 Å². The Hall–Kier alpha value is -1.31. The van der Waals surface area contributed by atoms with Gasteiger partial charge in [-0.3, -0.25) is 4.79 Å². The molecule has 98 valence electrons. The third-order valence-electron chi connectivity index (χ3n) is 3.46. The fourth-order valence-electron chi connectivity index (χ4n) is 2.24. The van der Waals surface area contributed by atoms with Crippen LogP contribution < -0.4 is 4.74 Å². The summed E-state index contributed by atoms with van der Waals surface area (Å²) in [4.78, 5) is 12.2. The zero-order valence-electron chi connectivity index (χ0n) is 11.5. The number of benzene rings is 1. The number of rotatable bonds is 3. The number of Topliss-reactive ketones (excluding diaryl/α,β-unsaturated/α-hetero) is 1. The van der Waals surface area contributed by atoms with Crippen LogP contribution in [-0.4, -0.2) is 12.4 Å². The van der Waals surface area contributed by atoms with Crippen molar-refractivity contribution < 1.29 is 9.53 Å². The molecule has 0 N–H and O–H groups in total. The topological polar surface area (TPSA) is 26.3 Å². The largest absolute Gasteiger partial charge is 0.493 e. The lowest BCUT2D eigenvalue weighted by molar-refractivity contribution is -0.124. The molecule has 2 rings (SSSR count). The minimum absolute atomic E-state index is 0.0437. The molecule has 0 radical (unpaired) electrons. The Bertz CT molecular complexity index is 429. The van der Waals surface area contributed by atoms with Crippen molar-refractivity contribution in [1.29, 1.82) is 0 Å². The van der Waals surface area contributed by atoms with Gasteiger partial charge in [-0.1, -0.05) is 39.0 Å². The number of ketones is 1. The molecule has 1 aliphatic heterocycles. The Morgan fingerprint density at radius 1 is 1.33 bits per heavy atom. The fourth-order valence-corrected chi connectivity index (χ4v) is 2.24. The number of carbonyl (C=O) groups excluding carboxylic acids is 1. The van der Waals surface area contributed by atoms with Gasteiger partial charge in [-0.2, -0.15) is 0 Å². The molecule has 18 heavy (non-hydrogen) atoms. The average Bonchev–Trinajstić information content (AvgIpc) is 2.34. The van der Waals surface area contributed by atoms with Crippen LogP contribution in [0.25, 0.3) is 0 Å². The molecule has 2 nitrogen and oxygen atoms in total. The van der Waals surface area contributed by atoms with E-state index in [1.165, 1.54) is 0 Å². The quantitative estimate of drug-likeness (QED) is 0.814. The molecule has 2 heteroatoms. The van der Waals surface area contributed by atoms with Gasteiger partial charge in [0.25, 0.3) is 0 Å². The van der Waals surface area contributed by atoms with Crippen LogP contribution in [0.4, 0.5) is 0 Å². The van der Waals surface area contributed by atoms with Gasteiger partial charge in [0.2, 0.25) is 0 Å². The lowest BCUT2D eigenvalue weighted by Gasteiger charge is -2.25. The highest BCUT2D eigenvalue weighted by molar-refractivity contribution is 5.81. The molecule has 1 aromatic rings. The van der Waals surface area contributed by atoms with E-state index in [4.69, 9.17) is 4.74 Å². The van der Waals surface area contributed by atoms with E-state index in [2.05, 4.69) is 26.8 Å². The van der Waals surface area contributed by atoms with Crippen LogP contribution in [0.3, 0.4) is 0 Å². The third-order valence-corrected chi connectivity index (χ3v) is 3.46. The van der Waals surface area contributed by atoms with Gasteiger partial charge in [0.15, 0.2) is 0 Å². The van der Waals surface area contributed by atoms with Gasteiger partial charge in [-0.15, -0.1) is 0 Å². The predicted octanol–water partition coefficient (Wildman–Crippen LogP) is 3.63. The van der Waals surface area contributed by atoms with Crippen LogP contribution in [0.1, 0.15) is 39.2 Å². The fraction of sp³-hybridized carbons (Fsp3) is 0.562. The molecule has 1 atom stereocenters. The summed E-state index contributed by atoms with van der Waals surface area (Å²) in [5, 5.41) is 0. The van der Waals surface area contributed by atoms with E-state index in [1.807, 2.05) is 18.2 Å². The van der Waals surface area contributed by atoms with Gasteiger partial charge < -0.3 is 4.74 Å². The second-order valence-electron chi connectivity index (χ2n) is 6.35. The van der Waals surface area contributed by atoms with Crippen molar-refractivity contribution in [3.63, 3.8) is 0 Å². The minimum Gasteiger partial charge on any atom is -0.493 e. The van der Waals surface area contributed by atoms with E-state index in [0.717, 1.165) is 24.2 Å². The maximum Gasteiger partial charge on any atom is 0.139 e. The van der Waals surface area contributed by atoms with E-state index >= 15 is 0 Å². The lowest BCUT2D eigenvalue weighted by Crippen LogP contribution is -2.28. The summed E-state index contributed by atoms with van der Waals surface area (Å²) in [6.07, 6.45) is 2.45. The second kappa shape index (κ2) is 5.13. The van der Waals surface area contributed by atoms with Crippen LogP contribution in [0.2, 0.25) is 0 Å². The van der Waals surface area contributed by atoms with E-state index in [0.29, 0.717) is 18.8 Å². The van der Waals surface area contributed by atoms with Crippen LogP contribution >= 0.6 is 0 Å². The van der Waals surface area contributed by atoms with Gasteiger partial charge in [0, 0.05) is 6.42 Å². The SMILES string of the molecule is CC(C)(C)CCC(=O)C1COc2ccccc2C1. The average molecular weight is 246 g/mol. The summed E-state index contributed by atoms with van der Waals surface area (Å²) < 4.78 is 5.67. The molecule has 0 amide bonds.